The van der Waals surface area contributed by atoms with Crippen LogP contribution in [0.2, 0.25) is 0 Å². The van der Waals surface area contributed by atoms with Crippen LogP contribution in [-0.4, -0.2) is 46.4 Å². The molecule has 1 fully saturated rings. The number of nitrogens with one attached hydrogen (secondary N) is 1. The molecule has 1 heterocycles. The van der Waals surface area contributed by atoms with Crippen molar-refractivity contribution in [3.05, 3.63) is 34.4 Å². The lowest BCUT2D eigenvalue weighted by Gasteiger charge is -2.30. The molecule has 0 spiro atoms. The van der Waals surface area contributed by atoms with Gasteiger partial charge in [0.15, 0.2) is 0 Å². The zero-order valence-corrected chi connectivity index (χ0v) is 11.9. The third-order valence-corrected chi connectivity index (χ3v) is 3.65. The Kier molecular flexibility index (Phi) is 4.92. The summed E-state index contributed by atoms with van der Waals surface area (Å²) in [6, 6.07) is 6.07. The molecule has 0 radical (unpaired) electrons. The van der Waals surface area contributed by atoms with Crippen molar-refractivity contribution < 1.29 is 19.6 Å². The smallest absolute Gasteiger partial charge is 0.308 e. The average molecular weight is 307 g/mol. The van der Waals surface area contributed by atoms with Crippen molar-refractivity contribution in [2.24, 2.45) is 5.92 Å². The molecule has 2 N–H and O–H groups in total. The topological polar surface area (TPSA) is 113 Å². The summed E-state index contributed by atoms with van der Waals surface area (Å²) >= 11 is 0. The molecule has 22 heavy (non-hydrogen) atoms. The third-order valence-electron chi connectivity index (χ3n) is 3.65. The predicted molar refractivity (Wildman–Crippen MR) is 78.5 cm³/mol. The molecule has 8 heteroatoms. The molecule has 0 bridgehead atoms. The van der Waals surface area contributed by atoms with E-state index in [2.05, 4.69) is 5.32 Å². The number of nitro groups is 1. The molecule has 1 aliphatic heterocycles. The van der Waals surface area contributed by atoms with Gasteiger partial charge in [0.1, 0.15) is 5.69 Å². The molecule has 1 aromatic carbocycles. The molecule has 1 aliphatic rings. The minimum absolute atomic E-state index is 0.0997. The maximum atomic E-state index is 12.1. The van der Waals surface area contributed by atoms with Crippen LogP contribution in [0.3, 0.4) is 0 Å². The molecule has 2 rings (SSSR count). The number of carboxylic acid groups (broad SMARTS) is 1. The number of rotatable bonds is 5. The Morgan fingerprint density at radius 1 is 1.41 bits per heavy atom. The number of carboxylic acids is 1. The van der Waals surface area contributed by atoms with Gasteiger partial charge in [0.25, 0.3) is 5.69 Å². The number of anilines is 1. The van der Waals surface area contributed by atoms with Crippen molar-refractivity contribution >= 4 is 23.3 Å². The first kappa shape index (κ1) is 15.7. The Balaban J connectivity index is 1.95. The van der Waals surface area contributed by atoms with Gasteiger partial charge in [-0.15, -0.1) is 0 Å². The molecule has 1 atom stereocenters. The van der Waals surface area contributed by atoms with Crippen LogP contribution < -0.4 is 5.32 Å². The highest BCUT2D eigenvalue weighted by molar-refractivity contribution is 5.82. The lowest BCUT2D eigenvalue weighted by atomic mass is 9.98. The lowest BCUT2D eigenvalue weighted by molar-refractivity contribution is -0.383. The number of nitrogens with zero attached hydrogens (tertiary/aromatic N) is 2. The largest absolute Gasteiger partial charge is 0.481 e. The Labute approximate surface area is 126 Å². The summed E-state index contributed by atoms with van der Waals surface area (Å²) in [7, 11) is 0. The molecule has 0 aliphatic carbocycles. The van der Waals surface area contributed by atoms with Crippen molar-refractivity contribution in [1.82, 2.24) is 4.90 Å². The van der Waals surface area contributed by atoms with Crippen LogP contribution in [0.5, 0.6) is 0 Å². The predicted octanol–water partition coefficient (Wildman–Crippen LogP) is 1.33. The number of piperidine rings is 1. The first-order chi connectivity index (χ1) is 10.5. The van der Waals surface area contributed by atoms with Crippen LogP contribution in [-0.2, 0) is 9.59 Å². The van der Waals surface area contributed by atoms with Crippen LogP contribution in [0.1, 0.15) is 12.8 Å². The van der Waals surface area contributed by atoms with Crippen molar-refractivity contribution in [2.45, 2.75) is 12.8 Å². The highest BCUT2D eigenvalue weighted by atomic mass is 16.6. The van der Waals surface area contributed by atoms with Gasteiger partial charge in [0.2, 0.25) is 5.91 Å². The highest BCUT2D eigenvalue weighted by Gasteiger charge is 2.28. The van der Waals surface area contributed by atoms with E-state index in [9.17, 15) is 19.7 Å². The monoisotopic (exact) mass is 307 g/mol. The normalized spacial score (nSPS) is 17.8. The first-order valence-corrected chi connectivity index (χ1v) is 6.97. The van der Waals surface area contributed by atoms with Crippen molar-refractivity contribution in [1.29, 1.82) is 0 Å². The number of nitro benzene ring substituents is 1. The fourth-order valence-electron chi connectivity index (χ4n) is 2.47. The summed E-state index contributed by atoms with van der Waals surface area (Å²) in [5, 5.41) is 22.7. The fraction of sp³-hybridized carbons (Fsp3) is 0.429. The Hall–Kier alpha value is -2.64. The van der Waals surface area contributed by atoms with E-state index in [4.69, 9.17) is 5.11 Å². The van der Waals surface area contributed by atoms with Gasteiger partial charge in [0, 0.05) is 19.2 Å². The second-order valence-electron chi connectivity index (χ2n) is 5.14. The van der Waals surface area contributed by atoms with E-state index in [0.29, 0.717) is 19.4 Å². The average Bonchev–Trinajstić information content (AvgIpc) is 2.52. The molecule has 0 unspecified atom stereocenters. The number of hydrogen-bond donors (Lipinski definition) is 2. The molecule has 0 saturated carbocycles. The van der Waals surface area contributed by atoms with Gasteiger partial charge in [-0.1, -0.05) is 12.1 Å². The number of benzene rings is 1. The molecule has 0 aromatic heterocycles. The zero-order chi connectivity index (χ0) is 16.1. The molecule has 8 nitrogen and oxygen atoms in total. The molecular weight excluding hydrogens is 290 g/mol. The maximum absolute atomic E-state index is 12.1. The van der Waals surface area contributed by atoms with Crippen LogP contribution in [0.15, 0.2) is 24.3 Å². The van der Waals surface area contributed by atoms with Crippen molar-refractivity contribution in [3.63, 3.8) is 0 Å². The van der Waals surface area contributed by atoms with Gasteiger partial charge in [0.05, 0.1) is 17.4 Å². The Morgan fingerprint density at radius 3 is 2.82 bits per heavy atom. The van der Waals surface area contributed by atoms with Crippen LogP contribution in [0.4, 0.5) is 11.4 Å². The minimum Gasteiger partial charge on any atom is -0.481 e. The molecule has 1 amide bonds. The lowest BCUT2D eigenvalue weighted by Crippen LogP contribution is -2.44. The van der Waals surface area contributed by atoms with Crippen molar-refractivity contribution in [3.8, 4) is 0 Å². The number of amides is 1. The summed E-state index contributed by atoms with van der Waals surface area (Å²) in [5.74, 6) is -1.70. The fourth-order valence-corrected chi connectivity index (χ4v) is 2.47. The number of aliphatic carboxylic acids is 1. The van der Waals surface area contributed by atoms with Crippen LogP contribution in [0, 0.1) is 16.0 Å². The van der Waals surface area contributed by atoms with Gasteiger partial charge >= 0.3 is 5.97 Å². The van der Waals surface area contributed by atoms with Gasteiger partial charge in [-0.2, -0.15) is 0 Å². The van der Waals surface area contributed by atoms with Gasteiger partial charge in [-0.25, -0.2) is 0 Å². The Bertz CT molecular complexity index is 590. The SMILES string of the molecule is O=C(O)[C@H]1CCCN(C(=O)CNc2ccccc2[N+](=O)[O-])C1. The summed E-state index contributed by atoms with van der Waals surface area (Å²) in [5.41, 5.74) is 0.171. The van der Waals surface area contributed by atoms with E-state index in [1.807, 2.05) is 0 Å². The second kappa shape index (κ2) is 6.88. The quantitative estimate of drug-likeness (QED) is 0.627. The minimum atomic E-state index is -0.899. The molecular formula is C14H17N3O5. The number of carbonyl (C=O) groups is 2. The number of likely N-dealkylation sites (tertiary alicyclic amines) is 1. The summed E-state index contributed by atoms with van der Waals surface area (Å²) in [6.07, 6.45) is 1.21. The van der Waals surface area contributed by atoms with Crippen LogP contribution in [0.25, 0.3) is 0 Å². The van der Waals surface area contributed by atoms with E-state index < -0.39 is 16.8 Å². The molecule has 1 aromatic rings. The van der Waals surface area contributed by atoms with Gasteiger partial charge in [-0.3, -0.25) is 19.7 Å². The first-order valence-electron chi connectivity index (χ1n) is 6.97. The van der Waals surface area contributed by atoms with Gasteiger partial charge < -0.3 is 15.3 Å². The maximum Gasteiger partial charge on any atom is 0.308 e. The van der Waals surface area contributed by atoms with Crippen molar-refractivity contribution in [2.75, 3.05) is 25.0 Å². The highest BCUT2D eigenvalue weighted by Crippen LogP contribution is 2.23. The summed E-state index contributed by atoms with van der Waals surface area (Å²) < 4.78 is 0. The summed E-state index contributed by atoms with van der Waals surface area (Å²) in [6.45, 7) is 0.602. The molecule has 1 saturated heterocycles. The van der Waals surface area contributed by atoms with E-state index in [-0.39, 0.29) is 30.4 Å². The number of para-hydroxylation sites is 2. The van der Waals surface area contributed by atoms with E-state index >= 15 is 0 Å². The van der Waals surface area contributed by atoms with Gasteiger partial charge in [-0.05, 0) is 18.9 Å². The van der Waals surface area contributed by atoms with Crippen LogP contribution >= 0.6 is 0 Å². The number of hydrogen-bond acceptors (Lipinski definition) is 5. The standard InChI is InChI=1S/C14H17N3O5/c18-13(16-7-3-4-10(9-16)14(19)20)8-15-11-5-1-2-6-12(11)17(21)22/h1-2,5-6,10,15H,3-4,7-9H2,(H,19,20)/t10-/m0/s1. The Morgan fingerprint density at radius 2 is 2.14 bits per heavy atom. The zero-order valence-electron chi connectivity index (χ0n) is 11.9. The second-order valence-corrected chi connectivity index (χ2v) is 5.14. The number of carbonyl (C=O) groups excluding carboxylic acids is 1. The van der Waals surface area contributed by atoms with E-state index in [1.165, 1.54) is 17.0 Å². The van der Waals surface area contributed by atoms with E-state index in [1.54, 1.807) is 12.1 Å². The summed E-state index contributed by atoms with van der Waals surface area (Å²) in [4.78, 5) is 35.0. The third kappa shape index (κ3) is 3.72. The van der Waals surface area contributed by atoms with E-state index in [0.717, 1.165) is 0 Å². The molecule has 118 valence electrons.